The molecule has 0 atom stereocenters. The molecule has 2 aromatic carbocycles. The molecule has 0 heterocycles. The van der Waals surface area contributed by atoms with Gasteiger partial charge in [-0.1, -0.05) is 26.0 Å². The Labute approximate surface area is 146 Å². The number of benzene rings is 2. The number of ether oxygens (including phenoxy) is 2. The number of aryl methyl sites for hydroxylation is 2. The van der Waals surface area contributed by atoms with Crippen molar-refractivity contribution in [3.8, 4) is 11.5 Å². The van der Waals surface area contributed by atoms with Crippen LogP contribution in [0.4, 0.5) is 5.69 Å². The number of hydrogen-bond donors (Lipinski definition) is 1. The highest BCUT2D eigenvalue weighted by Crippen LogP contribution is 2.19. The molecule has 0 amide bonds. The molecule has 3 heteroatoms. The van der Waals surface area contributed by atoms with E-state index >= 15 is 0 Å². The van der Waals surface area contributed by atoms with Crippen molar-refractivity contribution in [1.29, 1.82) is 0 Å². The zero-order chi connectivity index (χ0) is 17.4. The molecule has 24 heavy (non-hydrogen) atoms. The lowest BCUT2D eigenvalue weighted by Crippen LogP contribution is -2.12. The van der Waals surface area contributed by atoms with Crippen molar-refractivity contribution in [3.05, 3.63) is 53.6 Å². The second kappa shape index (κ2) is 9.21. The van der Waals surface area contributed by atoms with Crippen LogP contribution in [0.25, 0.3) is 0 Å². The smallest absolute Gasteiger partial charge is 0.122 e. The zero-order valence-corrected chi connectivity index (χ0v) is 15.3. The number of hydrogen-bond acceptors (Lipinski definition) is 3. The van der Waals surface area contributed by atoms with Gasteiger partial charge in [0.25, 0.3) is 0 Å². The highest BCUT2D eigenvalue weighted by molar-refractivity contribution is 5.46. The average Bonchev–Trinajstić information content (AvgIpc) is 2.55. The molecule has 2 rings (SSSR count). The Bertz CT molecular complexity index is 620. The summed E-state index contributed by atoms with van der Waals surface area (Å²) < 4.78 is 11.6. The van der Waals surface area contributed by atoms with Crippen molar-refractivity contribution in [2.75, 3.05) is 25.1 Å². The zero-order valence-electron chi connectivity index (χ0n) is 15.3. The third-order valence-electron chi connectivity index (χ3n) is 3.85. The van der Waals surface area contributed by atoms with Gasteiger partial charge in [0.15, 0.2) is 0 Å². The lowest BCUT2D eigenvalue weighted by Gasteiger charge is -2.12. The van der Waals surface area contributed by atoms with E-state index in [0.29, 0.717) is 12.5 Å². The van der Waals surface area contributed by atoms with E-state index in [-0.39, 0.29) is 0 Å². The summed E-state index contributed by atoms with van der Waals surface area (Å²) in [6, 6.07) is 14.4. The summed E-state index contributed by atoms with van der Waals surface area (Å²) in [6.45, 7) is 10.7. The van der Waals surface area contributed by atoms with Crippen LogP contribution in [0.2, 0.25) is 0 Å². The van der Waals surface area contributed by atoms with Crippen molar-refractivity contribution in [3.63, 3.8) is 0 Å². The first-order valence-corrected chi connectivity index (χ1v) is 8.71. The molecule has 0 bridgehead atoms. The van der Waals surface area contributed by atoms with Gasteiger partial charge < -0.3 is 14.8 Å². The molecule has 0 spiro atoms. The normalized spacial score (nSPS) is 10.7. The second-order valence-electron chi connectivity index (χ2n) is 6.60. The van der Waals surface area contributed by atoms with Crippen LogP contribution in [-0.2, 0) is 0 Å². The van der Waals surface area contributed by atoms with E-state index in [1.165, 1.54) is 11.1 Å². The van der Waals surface area contributed by atoms with Crippen LogP contribution in [0.3, 0.4) is 0 Å². The highest BCUT2D eigenvalue weighted by atomic mass is 16.5. The summed E-state index contributed by atoms with van der Waals surface area (Å²) in [6.07, 6.45) is 1.08. The molecule has 0 aliphatic carbocycles. The van der Waals surface area contributed by atoms with Crippen LogP contribution in [0.1, 0.15) is 31.4 Å². The Morgan fingerprint density at radius 1 is 0.917 bits per heavy atom. The van der Waals surface area contributed by atoms with Crippen molar-refractivity contribution in [2.45, 2.75) is 34.1 Å². The molecule has 0 unspecified atom stereocenters. The average molecular weight is 327 g/mol. The Morgan fingerprint density at radius 2 is 1.67 bits per heavy atom. The summed E-state index contributed by atoms with van der Waals surface area (Å²) in [7, 11) is 0. The first-order valence-electron chi connectivity index (χ1n) is 8.71. The first kappa shape index (κ1) is 18.2. The van der Waals surface area contributed by atoms with Crippen molar-refractivity contribution >= 4 is 5.69 Å². The Morgan fingerprint density at radius 3 is 2.38 bits per heavy atom. The molecule has 0 fully saturated rings. The summed E-state index contributed by atoms with van der Waals surface area (Å²) in [5.41, 5.74) is 3.47. The third kappa shape index (κ3) is 6.15. The van der Waals surface area contributed by atoms with Crippen LogP contribution in [0, 0.1) is 19.8 Å². The summed E-state index contributed by atoms with van der Waals surface area (Å²) in [4.78, 5) is 0. The molecule has 0 aliphatic heterocycles. The quantitative estimate of drug-likeness (QED) is 0.641. The van der Waals surface area contributed by atoms with E-state index in [9.17, 15) is 0 Å². The van der Waals surface area contributed by atoms with E-state index in [1.54, 1.807) is 0 Å². The number of nitrogens with one attached hydrogen (secondary N) is 1. The number of anilines is 1. The monoisotopic (exact) mass is 327 g/mol. The summed E-state index contributed by atoms with van der Waals surface area (Å²) in [5.74, 6) is 2.56. The Hall–Kier alpha value is -2.16. The molecule has 0 radical (unpaired) electrons. The topological polar surface area (TPSA) is 30.5 Å². The molecule has 0 saturated heterocycles. The molecular weight excluding hydrogens is 298 g/mol. The standard InChI is InChI=1S/C21H29NO2/c1-16(2)11-13-23-20-9-7-19(8-10-20)22-12-14-24-21-15-17(3)5-6-18(21)4/h5-10,15-16,22H,11-14H2,1-4H3. The molecule has 0 aromatic heterocycles. The largest absolute Gasteiger partial charge is 0.494 e. The predicted molar refractivity (Wildman–Crippen MR) is 101 cm³/mol. The third-order valence-corrected chi connectivity index (χ3v) is 3.85. The lowest BCUT2D eigenvalue weighted by atomic mass is 10.1. The van der Waals surface area contributed by atoms with E-state index < -0.39 is 0 Å². The van der Waals surface area contributed by atoms with E-state index in [1.807, 2.05) is 24.3 Å². The van der Waals surface area contributed by atoms with Crippen molar-refractivity contribution in [1.82, 2.24) is 0 Å². The van der Waals surface area contributed by atoms with Gasteiger partial charge in [-0.15, -0.1) is 0 Å². The summed E-state index contributed by atoms with van der Waals surface area (Å²) >= 11 is 0. The van der Waals surface area contributed by atoms with E-state index in [4.69, 9.17) is 9.47 Å². The van der Waals surface area contributed by atoms with Crippen LogP contribution in [0.15, 0.2) is 42.5 Å². The fourth-order valence-corrected chi connectivity index (χ4v) is 2.30. The van der Waals surface area contributed by atoms with Gasteiger partial charge in [0, 0.05) is 12.2 Å². The fourth-order valence-electron chi connectivity index (χ4n) is 2.30. The SMILES string of the molecule is Cc1ccc(C)c(OCCNc2ccc(OCCC(C)C)cc2)c1. The Kier molecular flexibility index (Phi) is 6.98. The number of rotatable bonds is 9. The van der Waals surface area contributed by atoms with Crippen molar-refractivity contribution < 1.29 is 9.47 Å². The second-order valence-corrected chi connectivity index (χ2v) is 6.60. The predicted octanol–water partition coefficient (Wildman–Crippen LogP) is 5.22. The van der Waals surface area contributed by atoms with Crippen LogP contribution >= 0.6 is 0 Å². The van der Waals surface area contributed by atoms with Gasteiger partial charge in [-0.2, -0.15) is 0 Å². The van der Waals surface area contributed by atoms with Gasteiger partial charge in [-0.3, -0.25) is 0 Å². The Balaban J connectivity index is 1.71. The maximum Gasteiger partial charge on any atom is 0.122 e. The summed E-state index contributed by atoms with van der Waals surface area (Å²) in [5, 5.41) is 3.37. The van der Waals surface area contributed by atoms with Crippen LogP contribution in [-0.4, -0.2) is 19.8 Å². The first-order chi connectivity index (χ1) is 11.5. The van der Waals surface area contributed by atoms with Gasteiger partial charge >= 0.3 is 0 Å². The van der Waals surface area contributed by atoms with Crippen LogP contribution < -0.4 is 14.8 Å². The molecule has 0 saturated carbocycles. The highest BCUT2D eigenvalue weighted by Gasteiger charge is 2.00. The van der Waals surface area contributed by atoms with Crippen molar-refractivity contribution in [2.24, 2.45) is 5.92 Å². The van der Waals surface area contributed by atoms with Gasteiger partial charge in [0.05, 0.1) is 6.61 Å². The van der Waals surface area contributed by atoms with Crippen LogP contribution in [0.5, 0.6) is 11.5 Å². The van der Waals surface area contributed by atoms with Gasteiger partial charge in [0.2, 0.25) is 0 Å². The molecule has 1 N–H and O–H groups in total. The minimum Gasteiger partial charge on any atom is -0.494 e. The molecule has 3 nitrogen and oxygen atoms in total. The van der Waals surface area contributed by atoms with E-state index in [0.717, 1.165) is 36.8 Å². The molecule has 2 aromatic rings. The lowest BCUT2D eigenvalue weighted by molar-refractivity contribution is 0.289. The maximum absolute atomic E-state index is 5.85. The maximum atomic E-state index is 5.85. The minimum atomic E-state index is 0.636. The van der Waals surface area contributed by atoms with Gasteiger partial charge in [-0.05, 0) is 67.6 Å². The van der Waals surface area contributed by atoms with E-state index in [2.05, 4.69) is 51.2 Å². The molecule has 130 valence electrons. The fraction of sp³-hybridized carbons (Fsp3) is 0.429. The minimum absolute atomic E-state index is 0.636. The molecule has 0 aliphatic rings. The van der Waals surface area contributed by atoms with Gasteiger partial charge in [-0.25, -0.2) is 0 Å². The van der Waals surface area contributed by atoms with Gasteiger partial charge in [0.1, 0.15) is 18.1 Å². The molecular formula is C21H29NO2.